The van der Waals surface area contributed by atoms with Gasteiger partial charge in [0.25, 0.3) is 0 Å². The Bertz CT molecular complexity index is 502. The SMILES string of the molecule is CC(NC(=O)CSCc1ccccc1)c1nn[nH]n1. The van der Waals surface area contributed by atoms with Crippen molar-refractivity contribution >= 4 is 17.7 Å². The third-order valence-corrected chi connectivity index (χ3v) is 3.47. The highest BCUT2D eigenvalue weighted by Gasteiger charge is 2.13. The molecule has 2 aromatic rings. The Morgan fingerprint density at radius 1 is 1.42 bits per heavy atom. The number of tetrazole rings is 1. The molecule has 1 atom stereocenters. The highest BCUT2D eigenvalue weighted by molar-refractivity contribution is 7.99. The summed E-state index contributed by atoms with van der Waals surface area (Å²) in [6.45, 7) is 1.82. The molecule has 2 N–H and O–H groups in total. The predicted octanol–water partition coefficient (Wildman–Crippen LogP) is 1.31. The van der Waals surface area contributed by atoms with E-state index in [4.69, 9.17) is 0 Å². The number of rotatable bonds is 6. The fourth-order valence-corrected chi connectivity index (χ4v) is 2.34. The lowest BCUT2D eigenvalue weighted by Crippen LogP contribution is -2.28. The summed E-state index contributed by atoms with van der Waals surface area (Å²) in [4.78, 5) is 11.7. The van der Waals surface area contributed by atoms with Crippen molar-refractivity contribution in [2.24, 2.45) is 0 Å². The molecule has 1 aromatic carbocycles. The summed E-state index contributed by atoms with van der Waals surface area (Å²) in [5.41, 5.74) is 1.21. The van der Waals surface area contributed by atoms with E-state index in [1.807, 2.05) is 37.3 Å². The van der Waals surface area contributed by atoms with E-state index in [2.05, 4.69) is 25.9 Å². The van der Waals surface area contributed by atoms with Crippen molar-refractivity contribution in [3.8, 4) is 0 Å². The third kappa shape index (κ3) is 4.36. The molecule has 0 saturated heterocycles. The van der Waals surface area contributed by atoms with Crippen molar-refractivity contribution < 1.29 is 4.79 Å². The summed E-state index contributed by atoms with van der Waals surface area (Å²) in [6.07, 6.45) is 0. The number of hydrogen-bond donors (Lipinski definition) is 2. The Morgan fingerprint density at radius 2 is 2.21 bits per heavy atom. The highest BCUT2D eigenvalue weighted by Crippen LogP contribution is 2.12. The van der Waals surface area contributed by atoms with Gasteiger partial charge in [-0.1, -0.05) is 35.5 Å². The number of carbonyl (C=O) groups is 1. The molecule has 0 aliphatic rings. The standard InChI is InChI=1S/C12H15N5OS/c1-9(12-14-16-17-15-12)13-11(18)8-19-7-10-5-3-2-4-6-10/h2-6,9H,7-8H2,1H3,(H,13,18)(H,14,15,16,17). The molecule has 0 fully saturated rings. The second-order valence-electron chi connectivity index (χ2n) is 4.04. The lowest BCUT2D eigenvalue weighted by Gasteiger charge is -2.09. The predicted molar refractivity (Wildman–Crippen MR) is 73.3 cm³/mol. The van der Waals surface area contributed by atoms with Crippen molar-refractivity contribution in [2.45, 2.75) is 18.7 Å². The lowest BCUT2D eigenvalue weighted by molar-refractivity contribution is -0.119. The molecule has 1 unspecified atom stereocenters. The van der Waals surface area contributed by atoms with E-state index in [0.29, 0.717) is 11.6 Å². The Labute approximate surface area is 115 Å². The molecule has 19 heavy (non-hydrogen) atoms. The van der Waals surface area contributed by atoms with Crippen LogP contribution in [0.25, 0.3) is 0 Å². The van der Waals surface area contributed by atoms with Crippen molar-refractivity contribution in [3.63, 3.8) is 0 Å². The van der Waals surface area contributed by atoms with Gasteiger partial charge in [0, 0.05) is 5.75 Å². The highest BCUT2D eigenvalue weighted by atomic mass is 32.2. The number of hydrogen-bond acceptors (Lipinski definition) is 5. The van der Waals surface area contributed by atoms with Crippen LogP contribution in [0.3, 0.4) is 0 Å². The topological polar surface area (TPSA) is 83.6 Å². The van der Waals surface area contributed by atoms with Crippen LogP contribution in [0, 0.1) is 0 Å². The summed E-state index contributed by atoms with van der Waals surface area (Å²) in [5, 5.41) is 16.3. The van der Waals surface area contributed by atoms with Crippen LogP contribution in [0.5, 0.6) is 0 Å². The quantitative estimate of drug-likeness (QED) is 0.831. The molecular formula is C12H15N5OS. The first-order valence-electron chi connectivity index (χ1n) is 5.90. The molecule has 1 heterocycles. The maximum absolute atomic E-state index is 11.7. The summed E-state index contributed by atoms with van der Waals surface area (Å²) < 4.78 is 0. The Morgan fingerprint density at radius 3 is 2.89 bits per heavy atom. The number of aromatic nitrogens is 4. The van der Waals surface area contributed by atoms with Crippen LogP contribution in [0.4, 0.5) is 0 Å². The van der Waals surface area contributed by atoms with Crippen LogP contribution >= 0.6 is 11.8 Å². The number of nitrogens with one attached hydrogen (secondary N) is 2. The van der Waals surface area contributed by atoms with Gasteiger partial charge < -0.3 is 5.32 Å². The van der Waals surface area contributed by atoms with Gasteiger partial charge in [-0.3, -0.25) is 4.79 Å². The monoisotopic (exact) mass is 277 g/mol. The minimum absolute atomic E-state index is 0.0294. The van der Waals surface area contributed by atoms with Gasteiger partial charge in [-0.05, 0) is 12.5 Å². The second-order valence-corrected chi connectivity index (χ2v) is 5.02. The van der Waals surface area contributed by atoms with Crippen LogP contribution in [0.15, 0.2) is 30.3 Å². The van der Waals surface area contributed by atoms with Gasteiger partial charge in [0.2, 0.25) is 5.91 Å². The molecule has 0 aliphatic heterocycles. The zero-order chi connectivity index (χ0) is 13.5. The molecule has 0 radical (unpaired) electrons. The van der Waals surface area contributed by atoms with Gasteiger partial charge in [-0.25, -0.2) is 0 Å². The number of H-pyrrole nitrogens is 1. The average molecular weight is 277 g/mol. The minimum atomic E-state index is -0.233. The van der Waals surface area contributed by atoms with Gasteiger partial charge >= 0.3 is 0 Å². The molecule has 2 rings (SSSR count). The molecule has 0 bridgehead atoms. The van der Waals surface area contributed by atoms with E-state index in [1.54, 1.807) is 11.8 Å². The van der Waals surface area contributed by atoms with E-state index in [1.165, 1.54) is 5.56 Å². The van der Waals surface area contributed by atoms with Crippen molar-refractivity contribution in [1.82, 2.24) is 25.9 Å². The molecule has 0 spiro atoms. The van der Waals surface area contributed by atoms with E-state index < -0.39 is 0 Å². The molecule has 100 valence electrons. The van der Waals surface area contributed by atoms with E-state index in [-0.39, 0.29) is 11.9 Å². The third-order valence-electron chi connectivity index (χ3n) is 2.47. The Hall–Kier alpha value is -1.89. The van der Waals surface area contributed by atoms with E-state index >= 15 is 0 Å². The molecule has 0 aliphatic carbocycles. The first-order chi connectivity index (χ1) is 9.25. The molecule has 6 nitrogen and oxygen atoms in total. The van der Waals surface area contributed by atoms with Crippen LogP contribution in [0.1, 0.15) is 24.4 Å². The maximum atomic E-state index is 11.7. The molecular weight excluding hydrogens is 262 g/mol. The number of thioether (sulfide) groups is 1. The Balaban J connectivity index is 1.70. The fraction of sp³-hybridized carbons (Fsp3) is 0.333. The van der Waals surface area contributed by atoms with Gasteiger partial charge in [0.05, 0.1) is 11.8 Å². The van der Waals surface area contributed by atoms with Gasteiger partial charge in [-0.15, -0.1) is 22.0 Å². The first kappa shape index (κ1) is 13.5. The van der Waals surface area contributed by atoms with E-state index in [0.717, 1.165) is 5.75 Å². The molecule has 0 saturated carbocycles. The average Bonchev–Trinajstić information content (AvgIpc) is 2.94. The summed E-state index contributed by atoms with van der Waals surface area (Å²) in [5.74, 6) is 1.70. The maximum Gasteiger partial charge on any atom is 0.230 e. The molecule has 1 aromatic heterocycles. The number of amides is 1. The number of nitrogens with zero attached hydrogens (tertiary/aromatic N) is 3. The van der Waals surface area contributed by atoms with Gasteiger partial charge in [-0.2, -0.15) is 5.21 Å². The molecule has 1 amide bonds. The normalized spacial score (nSPS) is 12.1. The second kappa shape index (κ2) is 6.89. The fourth-order valence-electron chi connectivity index (χ4n) is 1.54. The smallest absolute Gasteiger partial charge is 0.230 e. The zero-order valence-electron chi connectivity index (χ0n) is 10.5. The van der Waals surface area contributed by atoms with Crippen molar-refractivity contribution in [2.75, 3.05) is 5.75 Å². The first-order valence-corrected chi connectivity index (χ1v) is 7.05. The Kier molecular flexibility index (Phi) is 4.91. The largest absolute Gasteiger partial charge is 0.345 e. The van der Waals surface area contributed by atoms with Crippen LogP contribution < -0.4 is 5.32 Å². The van der Waals surface area contributed by atoms with Crippen molar-refractivity contribution in [1.29, 1.82) is 0 Å². The van der Waals surface area contributed by atoms with E-state index in [9.17, 15) is 4.79 Å². The zero-order valence-corrected chi connectivity index (χ0v) is 11.4. The van der Waals surface area contributed by atoms with Crippen LogP contribution in [-0.4, -0.2) is 32.3 Å². The summed E-state index contributed by atoms with van der Waals surface area (Å²) in [7, 11) is 0. The number of aromatic amines is 1. The summed E-state index contributed by atoms with van der Waals surface area (Å²) in [6, 6.07) is 9.83. The number of benzene rings is 1. The summed E-state index contributed by atoms with van der Waals surface area (Å²) >= 11 is 1.58. The van der Waals surface area contributed by atoms with Gasteiger partial charge in [0.15, 0.2) is 5.82 Å². The van der Waals surface area contributed by atoms with Crippen LogP contribution in [0.2, 0.25) is 0 Å². The van der Waals surface area contributed by atoms with Crippen LogP contribution in [-0.2, 0) is 10.5 Å². The lowest BCUT2D eigenvalue weighted by atomic mass is 10.2. The molecule has 7 heteroatoms. The van der Waals surface area contributed by atoms with Crippen molar-refractivity contribution in [3.05, 3.63) is 41.7 Å². The minimum Gasteiger partial charge on any atom is -0.345 e. The van der Waals surface area contributed by atoms with Gasteiger partial charge in [0.1, 0.15) is 0 Å². The number of carbonyl (C=O) groups excluding carboxylic acids is 1.